The van der Waals surface area contributed by atoms with Crippen molar-refractivity contribution in [2.45, 2.75) is 39.5 Å². The highest BCUT2D eigenvalue weighted by Gasteiger charge is 2.49. The molecule has 2 fully saturated rings. The highest BCUT2D eigenvalue weighted by Crippen LogP contribution is 2.48. The van der Waals surface area contributed by atoms with E-state index in [2.05, 4.69) is 19.2 Å². The predicted octanol–water partition coefficient (Wildman–Crippen LogP) is 2.21. The van der Waals surface area contributed by atoms with E-state index in [1.807, 2.05) is 0 Å². The smallest absolute Gasteiger partial charge is 0.310 e. The molecule has 1 N–H and O–H groups in total. The van der Waals surface area contributed by atoms with Crippen LogP contribution in [0.5, 0.6) is 0 Å². The van der Waals surface area contributed by atoms with Crippen LogP contribution in [0.1, 0.15) is 39.5 Å². The molecular weight excluding hydrogens is 214 g/mol. The molecule has 1 heterocycles. The van der Waals surface area contributed by atoms with Crippen molar-refractivity contribution in [2.24, 2.45) is 23.2 Å². The van der Waals surface area contributed by atoms with Crippen LogP contribution < -0.4 is 5.32 Å². The van der Waals surface area contributed by atoms with Crippen molar-refractivity contribution >= 4 is 5.97 Å². The van der Waals surface area contributed by atoms with E-state index in [9.17, 15) is 4.79 Å². The number of rotatable bonds is 2. The molecule has 3 nitrogen and oxygen atoms in total. The fourth-order valence-corrected chi connectivity index (χ4v) is 3.69. The van der Waals surface area contributed by atoms with Gasteiger partial charge in [-0.05, 0) is 42.9 Å². The average molecular weight is 239 g/mol. The molecule has 98 valence electrons. The summed E-state index contributed by atoms with van der Waals surface area (Å²) < 4.78 is 4.96. The van der Waals surface area contributed by atoms with E-state index in [0.717, 1.165) is 24.9 Å². The number of hydrogen-bond acceptors (Lipinski definition) is 3. The third kappa shape index (κ3) is 2.35. The molecule has 3 heteroatoms. The van der Waals surface area contributed by atoms with Gasteiger partial charge in [0, 0.05) is 13.1 Å². The zero-order valence-corrected chi connectivity index (χ0v) is 11.3. The Bertz CT molecular complexity index is 280. The first-order chi connectivity index (χ1) is 8.09. The van der Waals surface area contributed by atoms with Gasteiger partial charge in [-0.2, -0.15) is 0 Å². The second-order valence-electron chi connectivity index (χ2n) is 6.15. The minimum Gasteiger partial charge on any atom is -0.469 e. The van der Waals surface area contributed by atoms with Crippen LogP contribution in [0.4, 0.5) is 0 Å². The molecule has 1 atom stereocenters. The third-order valence-corrected chi connectivity index (χ3v) is 5.02. The molecule has 0 amide bonds. The number of carbonyl (C=O) groups is 1. The quantitative estimate of drug-likeness (QED) is 0.751. The zero-order chi connectivity index (χ0) is 12.5. The summed E-state index contributed by atoms with van der Waals surface area (Å²) in [5, 5.41) is 3.39. The van der Waals surface area contributed by atoms with Crippen molar-refractivity contribution in [3.63, 3.8) is 0 Å². The van der Waals surface area contributed by atoms with Crippen molar-refractivity contribution in [1.29, 1.82) is 0 Å². The van der Waals surface area contributed by atoms with E-state index in [-0.39, 0.29) is 17.3 Å². The highest BCUT2D eigenvalue weighted by atomic mass is 16.5. The molecule has 17 heavy (non-hydrogen) atoms. The zero-order valence-electron chi connectivity index (χ0n) is 11.3. The van der Waals surface area contributed by atoms with Crippen LogP contribution in [-0.2, 0) is 9.53 Å². The van der Waals surface area contributed by atoms with Crippen LogP contribution in [0, 0.1) is 23.2 Å². The van der Waals surface area contributed by atoms with Crippen LogP contribution in [0.15, 0.2) is 0 Å². The van der Waals surface area contributed by atoms with Crippen molar-refractivity contribution in [3.8, 4) is 0 Å². The van der Waals surface area contributed by atoms with Crippen LogP contribution in [0.25, 0.3) is 0 Å². The SMILES string of the molecule is COC(=O)C1CNCC12CCC(C(C)C)CC2. The summed E-state index contributed by atoms with van der Waals surface area (Å²) in [7, 11) is 1.51. The second-order valence-corrected chi connectivity index (χ2v) is 6.15. The lowest BCUT2D eigenvalue weighted by molar-refractivity contribution is -0.149. The summed E-state index contributed by atoms with van der Waals surface area (Å²) in [6.07, 6.45) is 4.91. The van der Waals surface area contributed by atoms with Gasteiger partial charge < -0.3 is 10.1 Å². The average Bonchev–Trinajstić information content (AvgIpc) is 2.72. The predicted molar refractivity (Wildman–Crippen MR) is 67.6 cm³/mol. The first kappa shape index (κ1) is 12.9. The lowest BCUT2D eigenvalue weighted by atomic mass is 9.63. The molecule has 1 saturated heterocycles. The normalized spacial score (nSPS) is 37.6. The number of carbonyl (C=O) groups excluding carboxylic acids is 1. The second kappa shape index (κ2) is 4.97. The van der Waals surface area contributed by atoms with E-state index >= 15 is 0 Å². The summed E-state index contributed by atoms with van der Waals surface area (Å²) in [5.41, 5.74) is 0.193. The fourth-order valence-electron chi connectivity index (χ4n) is 3.69. The summed E-state index contributed by atoms with van der Waals surface area (Å²) in [6, 6.07) is 0. The van der Waals surface area contributed by atoms with Gasteiger partial charge in [0.25, 0.3) is 0 Å². The number of ether oxygens (including phenoxy) is 1. The molecule has 1 aliphatic heterocycles. The van der Waals surface area contributed by atoms with Crippen LogP contribution in [-0.4, -0.2) is 26.2 Å². The van der Waals surface area contributed by atoms with Gasteiger partial charge in [-0.15, -0.1) is 0 Å². The Morgan fingerprint density at radius 3 is 2.53 bits per heavy atom. The fraction of sp³-hybridized carbons (Fsp3) is 0.929. The first-order valence-corrected chi connectivity index (χ1v) is 6.87. The Morgan fingerprint density at radius 2 is 2.00 bits per heavy atom. The van der Waals surface area contributed by atoms with Gasteiger partial charge in [0.05, 0.1) is 13.0 Å². The molecule has 2 rings (SSSR count). The van der Waals surface area contributed by atoms with E-state index in [1.54, 1.807) is 0 Å². The Morgan fingerprint density at radius 1 is 1.35 bits per heavy atom. The maximum absolute atomic E-state index is 11.8. The Hall–Kier alpha value is -0.570. The van der Waals surface area contributed by atoms with Crippen LogP contribution in [0.3, 0.4) is 0 Å². The van der Waals surface area contributed by atoms with Crippen molar-refractivity contribution < 1.29 is 9.53 Å². The lowest BCUT2D eigenvalue weighted by Gasteiger charge is -2.41. The number of esters is 1. The Labute approximate surface area is 104 Å². The molecule has 0 bridgehead atoms. The number of methoxy groups -OCH3 is 1. The van der Waals surface area contributed by atoms with E-state index in [1.165, 1.54) is 32.8 Å². The standard InChI is InChI=1S/C14H25NO2/c1-10(2)11-4-6-14(7-5-11)9-15-8-12(14)13(16)17-3/h10-12,15H,4-9H2,1-3H3. The van der Waals surface area contributed by atoms with E-state index in [4.69, 9.17) is 4.74 Å². The topological polar surface area (TPSA) is 38.3 Å². The van der Waals surface area contributed by atoms with Gasteiger partial charge in [-0.3, -0.25) is 4.79 Å². The summed E-state index contributed by atoms with van der Waals surface area (Å²) in [4.78, 5) is 11.8. The Kier molecular flexibility index (Phi) is 3.76. The molecule has 1 unspecified atom stereocenters. The monoisotopic (exact) mass is 239 g/mol. The van der Waals surface area contributed by atoms with Gasteiger partial charge in [0.15, 0.2) is 0 Å². The van der Waals surface area contributed by atoms with E-state index < -0.39 is 0 Å². The molecule has 0 aromatic carbocycles. The molecule has 1 aliphatic carbocycles. The molecule has 2 aliphatic rings. The number of nitrogens with one attached hydrogen (secondary N) is 1. The molecule has 1 saturated carbocycles. The number of hydrogen-bond donors (Lipinski definition) is 1. The summed E-state index contributed by atoms with van der Waals surface area (Å²) >= 11 is 0. The van der Waals surface area contributed by atoms with E-state index in [0.29, 0.717) is 0 Å². The summed E-state index contributed by atoms with van der Waals surface area (Å²) in [6.45, 7) is 6.43. The van der Waals surface area contributed by atoms with Crippen molar-refractivity contribution in [2.75, 3.05) is 20.2 Å². The maximum atomic E-state index is 11.8. The lowest BCUT2D eigenvalue weighted by Crippen LogP contribution is -2.39. The molecule has 0 aromatic rings. The molecular formula is C14H25NO2. The van der Waals surface area contributed by atoms with Gasteiger partial charge in [0.1, 0.15) is 0 Å². The van der Waals surface area contributed by atoms with Crippen LogP contribution in [0.2, 0.25) is 0 Å². The van der Waals surface area contributed by atoms with Gasteiger partial charge in [-0.1, -0.05) is 13.8 Å². The van der Waals surface area contributed by atoms with Gasteiger partial charge in [0.2, 0.25) is 0 Å². The summed E-state index contributed by atoms with van der Waals surface area (Å²) in [5.74, 6) is 1.69. The van der Waals surface area contributed by atoms with Gasteiger partial charge in [-0.25, -0.2) is 0 Å². The highest BCUT2D eigenvalue weighted by molar-refractivity contribution is 5.74. The first-order valence-electron chi connectivity index (χ1n) is 6.87. The molecule has 1 spiro atoms. The largest absolute Gasteiger partial charge is 0.469 e. The maximum Gasteiger partial charge on any atom is 0.310 e. The third-order valence-electron chi connectivity index (χ3n) is 5.02. The minimum atomic E-state index is -0.0157. The van der Waals surface area contributed by atoms with Crippen LogP contribution >= 0.6 is 0 Å². The Balaban J connectivity index is 2.03. The van der Waals surface area contributed by atoms with Crippen molar-refractivity contribution in [3.05, 3.63) is 0 Å². The van der Waals surface area contributed by atoms with Gasteiger partial charge >= 0.3 is 5.97 Å². The van der Waals surface area contributed by atoms with Crippen molar-refractivity contribution in [1.82, 2.24) is 5.32 Å². The minimum absolute atomic E-state index is 0.0157. The molecule has 0 radical (unpaired) electrons. The molecule has 0 aromatic heterocycles.